The number of nitrogens with two attached hydrogens (primary N) is 1. The monoisotopic (exact) mass is 253 g/mol. The predicted molar refractivity (Wildman–Crippen MR) is 73.9 cm³/mol. The molecule has 1 heterocycles. The van der Waals surface area contributed by atoms with E-state index in [1.807, 2.05) is 6.07 Å². The molecular weight excluding hydrogens is 234 g/mol. The van der Waals surface area contributed by atoms with Gasteiger partial charge in [-0.2, -0.15) is 0 Å². The average molecular weight is 254 g/mol. The van der Waals surface area contributed by atoms with Crippen molar-refractivity contribution in [2.24, 2.45) is 5.73 Å². The normalized spacial score (nSPS) is 21.9. The molecule has 1 aliphatic rings. The van der Waals surface area contributed by atoms with E-state index >= 15 is 0 Å². The van der Waals surface area contributed by atoms with Gasteiger partial charge in [0.25, 0.3) is 0 Å². The Bertz CT molecular complexity index is 394. The van der Waals surface area contributed by atoms with Crippen molar-refractivity contribution in [3.8, 4) is 0 Å². The van der Waals surface area contributed by atoms with Gasteiger partial charge in [0.2, 0.25) is 0 Å². The van der Waals surface area contributed by atoms with E-state index in [4.69, 9.17) is 17.3 Å². The summed E-state index contributed by atoms with van der Waals surface area (Å²) in [5, 5.41) is 0.800. The van der Waals surface area contributed by atoms with Crippen LogP contribution in [-0.4, -0.2) is 44.2 Å². The Balaban J connectivity index is 2.20. The Hall–Kier alpha value is -0.770. The van der Waals surface area contributed by atoms with Gasteiger partial charge in [0.1, 0.15) is 0 Å². The van der Waals surface area contributed by atoms with Crippen molar-refractivity contribution in [3.05, 3.63) is 28.8 Å². The quantitative estimate of drug-likeness (QED) is 0.871. The standard InChI is InChI=1S/C13H20ClN3/c1-10-3-4-11(14)7-13(10)17-6-5-16(2)12(8-15)9-17/h3-4,7,12H,5-6,8-9,15H2,1-2H3. The van der Waals surface area contributed by atoms with E-state index in [1.54, 1.807) is 0 Å². The number of halogens is 1. The lowest BCUT2D eigenvalue weighted by molar-refractivity contribution is 0.224. The molecule has 4 heteroatoms. The first-order valence-electron chi connectivity index (χ1n) is 6.03. The summed E-state index contributed by atoms with van der Waals surface area (Å²) in [6.45, 7) is 5.89. The summed E-state index contributed by atoms with van der Waals surface area (Å²) in [7, 11) is 2.14. The first-order chi connectivity index (χ1) is 8.11. The van der Waals surface area contributed by atoms with Crippen LogP contribution in [0, 0.1) is 6.92 Å². The number of nitrogens with zero attached hydrogens (tertiary/aromatic N) is 2. The van der Waals surface area contributed by atoms with Crippen LogP contribution in [0.1, 0.15) is 5.56 Å². The van der Waals surface area contributed by atoms with Gasteiger partial charge < -0.3 is 10.6 Å². The van der Waals surface area contributed by atoms with Crippen LogP contribution in [-0.2, 0) is 0 Å². The third kappa shape index (κ3) is 2.73. The number of piperazine rings is 1. The Kier molecular flexibility index (Phi) is 3.92. The first-order valence-corrected chi connectivity index (χ1v) is 6.41. The average Bonchev–Trinajstić information content (AvgIpc) is 2.33. The van der Waals surface area contributed by atoms with Crippen molar-refractivity contribution in [3.63, 3.8) is 0 Å². The molecule has 1 atom stereocenters. The molecule has 0 radical (unpaired) electrons. The van der Waals surface area contributed by atoms with Gasteiger partial charge in [-0.15, -0.1) is 0 Å². The molecule has 0 bridgehead atoms. The lowest BCUT2D eigenvalue weighted by atomic mass is 10.1. The maximum absolute atomic E-state index is 6.07. The number of likely N-dealkylation sites (N-methyl/N-ethyl adjacent to an activating group) is 1. The molecule has 2 rings (SSSR count). The molecule has 3 nitrogen and oxygen atoms in total. The molecule has 0 spiro atoms. The largest absolute Gasteiger partial charge is 0.368 e. The van der Waals surface area contributed by atoms with E-state index in [0.29, 0.717) is 12.6 Å². The second-order valence-electron chi connectivity index (χ2n) is 4.75. The van der Waals surface area contributed by atoms with Crippen molar-refractivity contribution in [1.82, 2.24) is 4.90 Å². The molecule has 1 fully saturated rings. The van der Waals surface area contributed by atoms with E-state index in [0.717, 1.165) is 24.7 Å². The van der Waals surface area contributed by atoms with Crippen LogP contribution in [0.25, 0.3) is 0 Å². The molecule has 2 N–H and O–H groups in total. The Morgan fingerprint density at radius 1 is 1.41 bits per heavy atom. The van der Waals surface area contributed by atoms with Crippen LogP contribution in [0.5, 0.6) is 0 Å². The van der Waals surface area contributed by atoms with Gasteiger partial charge in [-0.05, 0) is 31.7 Å². The second-order valence-corrected chi connectivity index (χ2v) is 5.18. The van der Waals surface area contributed by atoms with Crippen molar-refractivity contribution >= 4 is 17.3 Å². The molecule has 17 heavy (non-hydrogen) atoms. The summed E-state index contributed by atoms with van der Waals surface area (Å²) in [5.41, 5.74) is 8.32. The maximum atomic E-state index is 6.07. The zero-order valence-corrected chi connectivity index (χ0v) is 11.2. The minimum Gasteiger partial charge on any atom is -0.368 e. The molecule has 1 saturated heterocycles. The number of rotatable bonds is 2. The molecule has 0 aliphatic carbocycles. The first kappa shape index (κ1) is 12.7. The van der Waals surface area contributed by atoms with Crippen molar-refractivity contribution in [1.29, 1.82) is 0 Å². The molecular formula is C13H20ClN3. The number of hydrogen-bond acceptors (Lipinski definition) is 3. The highest BCUT2D eigenvalue weighted by Crippen LogP contribution is 2.26. The fourth-order valence-electron chi connectivity index (χ4n) is 2.34. The van der Waals surface area contributed by atoms with E-state index in [2.05, 4.69) is 35.9 Å². The molecule has 1 aliphatic heterocycles. The number of anilines is 1. The molecule has 1 unspecified atom stereocenters. The zero-order chi connectivity index (χ0) is 12.4. The number of aryl methyl sites for hydroxylation is 1. The van der Waals surface area contributed by atoms with E-state index in [9.17, 15) is 0 Å². The highest BCUT2D eigenvalue weighted by molar-refractivity contribution is 6.30. The van der Waals surface area contributed by atoms with Crippen LogP contribution >= 0.6 is 11.6 Å². The lowest BCUT2D eigenvalue weighted by Crippen LogP contribution is -2.54. The van der Waals surface area contributed by atoms with E-state index < -0.39 is 0 Å². The summed E-state index contributed by atoms with van der Waals surface area (Å²) in [4.78, 5) is 4.72. The van der Waals surface area contributed by atoms with Crippen molar-refractivity contribution in [2.45, 2.75) is 13.0 Å². The predicted octanol–water partition coefficient (Wildman–Crippen LogP) is 1.73. The Labute approximate surface area is 108 Å². The molecule has 0 saturated carbocycles. The minimum absolute atomic E-state index is 0.433. The number of hydrogen-bond donors (Lipinski definition) is 1. The molecule has 0 amide bonds. The van der Waals surface area contributed by atoms with Gasteiger partial charge in [0.05, 0.1) is 0 Å². The van der Waals surface area contributed by atoms with Crippen LogP contribution in [0.3, 0.4) is 0 Å². The van der Waals surface area contributed by atoms with Gasteiger partial charge in [-0.1, -0.05) is 17.7 Å². The topological polar surface area (TPSA) is 32.5 Å². The smallest absolute Gasteiger partial charge is 0.0426 e. The molecule has 94 valence electrons. The fraction of sp³-hybridized carbons (Fsp3) is 0.538. The van der Waals surface area contributed by atoms with Crippen LogP contribution in [0.2, 0.25) is 5.02 Å². The summed E-state index contributed by atoms with van der Waals surface area (Å²) >= 11 is 6.07. The van der Waals surface area contributed by atoms with Crippen molar-refractivity contribution < 1.29 is 0 Å². The Morgan fingerprint density at radius 2 is 2.18 bits per heavy atom. The summed E-state index contributed by atoms with van der Waals surface area (Å²) in [6.07, 6.45) is 0. The summed E-state index contributed by atoms with van der Waals surface area (Å²) < 4.78 is 0. The van der Waals surface area contributed by atoms with Gasteiger partial charge in [0, 0.05) is 42.9 Å². The number of benzene rings is 1. The van der Waals surface area contributed by atoms with E-state index in [1.165, 1.54) is 11.3 Å². The lowest BCUT2D eigenvalue weighted by Gasteiger charge is -2.40. The highest BCUT2D eigenvalue weighted by Gasteiger charge is 2.24. The third-order valence-electron chi connectivity index (χ3n) is 3.56. The van der Waals surface area contributed by atoms with Gasteiger partial charge in [-0.25, -0.2) is 0 Å². The molecule has 1 aromatic carbocycles. The van der Waals surface area contributed by atoms with E-state index in [-0.39, 0.29) is 0 Å². The molecule has 0 aromatic heterocycles. The Morgan fingerprint density at radius 3 is 2.88 bits per heavy atom. The van der Waals surface area contributed by atoms with Crippen LogP contribution in [0.4, 0.5) is 5.69 Å². The summed E-state index contributed by atoms with van der Waals surface area (Å²) in [6, 6.07) is 6.50. The third-order valence-corrected chi connectivity index (χ3v) is 3.80. The van der Waals surface area contributed by atoms with Crippen LogP contribution < -0.4 is 10.6 Å². The molecule has 1 aromatic rings. The zero-order valence-electron chi connectivity index (χ0n) is 10.5. The van der Waals surface area contributed by atoms with Crippen molar-refractivity contribution in [2.75, 3.05) is 38.1 Å². The van der Waals surface area contributed by atoms with Gasteiger partial charge in [0.15, 0.2) is 0 Å². The van der Waals surface area contributed by atoms with Crippen LogP contribution in [0.15, 0.2) is 18.2 Å². The highest BCUT2D eigenvalue weighted by atomic mass is 35.5. The SMILES string of the molecule is Cc1ccc(Cl)cc1N1CCN(C)C(CN)C1. The van der Waals surface area contributed by atoms with Gasteiger partial charge in [-0.3, -0.25) is 4.90 Å². The second kappa shape index (κ2) is 5.25. The van der Waals surface area contributed by atoms with Gasteiger partial charge >= 0.3 is 0 Å². The maximum Gasteiger partial charge on any atom is 0.0426 e. The minimum atomic E-state index is 0.433. The summed E-state index contributed by atoms with van der Waals surface area (Å²) in [5.74, 6) is 0. The fourth-order valence-corrected chi connectivity index (χ4v) is 2.51.